The summed E-state index contributed by atoms with van der Waals surface area (Å²) in [5, 5.41) is 5.96. The van der Waals surface area contributed by atoms with E-state index >= 15 is 0 Å². The van der Waals surface area contributed by atoms with E-state index in [-0.39, 0.29) is 5.97 Å². The predicted molar refractivity (Wildman–Crippen MR) is 87.0 cm³/mol. The summed E-state index contributed by atoms with van der Waals surface area (Å²) in [5.74, 6) is -0.363. The van der Waals surface area contributed by atoms with E-state index < -0.39 is 6.04 Å². The first-order chi connectivity index (χ1) is 10.1. The molecule has 0 fully saturated rings. The summed E-state index contributed by atoms with van der Waals surface area (Å²) in [6.07, 6.45) is 0. The van der Waals surface area contributed by atoms with E-state index in [0.29, 0.717) is 28.8 Å². The minimum Gasteiger partial charge on any atom is -0.465 e. The average Bonchev–Trinajstić information content (AvgIpc) is 2.97. The first-order valence-electron chi connectivity index (χ1n) is 6.49. The van der Waals surface area contributed by atoms with Gasteiger partial charge in [-0.3, -0.25) is 5.32 Å². The number of carbonyl (C=O) groups excluding carboxylic acids is 1. The van der Waals surface area contributed by atoms with Gasteiger partial charge in [-0.2, -0.15) is 0 Å². The topological polar surface area (TPSA) is 38.3 Å². The van der Waals surface area contributed by atoms with Crippen molar-refractivity contribution in [2.24, 2.45) is 0 Å². The number of hydrogen-bond donors (Lipinski definition) is 1. The summed E-state index contributed by atoms with van der Waals surface area (Å²) in [4.78, 5) is 13.3. The molecule has 1 aromatic carbocycles. The lowest BCUT2D eigenvalue weighted by Crippen LogP contribution is -2.30. The fraction of sp³-hybridized carbons (Fsp3) is 0.267. The van der Waals surface area contributed by atoms with Gasteiger partial charge in [-0.1, -0.05) is 41.4 Å². The number of benzene rings is 1. The number of halogens is 2. The summed E-state index contributed by atoms with van der Waals surface area (Å²) >= 11 is 13.9. The van der Waals surface area contributed by atoms with Crippen molar-refractivity contribution < 1.29 is 9.53 Å². The van der Waals surface area contributed by atoms with E-state index in [9.17, 15) is 4.79 Å². The van der Waals surface area contributed by atoms with Crippen LogP contribution in [0.3, 0.4) is 0 Å². The standard InChI is InChI=1S/C15H15Cl2NO2S/c1-2-20-15(19)14(18-9-10-5-4-8-21-10)11-6-3-7-12(16)13(11)17/h3-8,14,18H,2,9H2,1H3. The van der Waals surface area contributed by atoms with Crippen molar-refractivity contribution in [2.45, 2.75) is 19.5 Å². The third-order valence-electron chi connectivity index (χ3n) is 2.88. The third-order valence-corrected chi connectivity index (χ3v) is 4.59. The molecule has 2 rings (SSSR count). The Balaban J connectivity index is 2.22. The van der Waals surface area contributed by atoms with Crippen molar-refractivity contribution in [3.8, 4) is 0 Å². The molecule has 0 radical (unpaired) electrons. The molecule has 1 N–H and O–H groups in total. The van der Waals surface area contributed by atoms with Crippen LogP contribution in [0.1, 0.15) is 23.4 Å². The molecule has 0 aliphatic rings. The van der Waals surface area contributed by atoms with Crippen LogP contribution in [-0.4, -0.2) is 12.6 Å². The Hall–Kier alpha value is -1.07. The highest BCUT2D eigenvalue weighted by Gasteiger charge is 2.24. The van der Waals surface area contributed by atoms with Crippen LogP contribution < -0.4 is 5.32 Å². The number of nitrogens with one attached hydrogen (secondary N) is 1. The van der Waals surface area contributed by atoms with Crippen molar-refractivity contribution >= 4 is 40.5 Å². The number of rotatable bonds is 6. The maximum absolute atomic E-state index is 12.2. The van der Waals surface area contributed by atoms with Gasteiger partial charge in [0.05, 0.1) is 16.7 Å². The molecule has 3 nitrogen and oxygen atoms in total. The van der Waals surface area contributed by atoms with Crippen LogP contribution in [-0.2, 0) is 16.1 Å². The molecule has 21 heavy (non-hydrogen) atoms. The molecule has 0 bridgehead atoms. The maximum Gasteiger partial charge on any atom is 0.327 e. The van der Waals surface area contributed by atoms with Crippen LogP contribution in [0.4, 0.5) is 0 Å². The summed E-state index contributed by atoms with van der Waals surface area (Å²) in [6.45, 7) is 2.64. The predicted octanol–water partition coefficient (Wildman–Crippen LogP) is 4.45. The van der Waals surface area contributed by atoms with Crippen LogP contribution in [0.15, 0.2) is 35.7 Å². The fourth-order valence-electron chi connectivity index (χ4n) is 1.91. The number of hydrogen-bond acceptors (Lipinski definition) is 4. The van der Waals surface area contributed by atoms with Gasteiger partial charge in [-0.25, -0.2) is 4.79 Å². The number of thiophene rings is 1. The lowest BCUT2D eigenvalue weighted by atomic mass is 10.1. The second kappa shape index (κ2) is 7.80. The van der Waals surface area contributed by atoms with Gasteiger partial charge in [-0.05, 0) is 24.4 Å². The summed E-state index contributed by atoms with van der Waals surface area (Å²) < 4.78 is 5.12. The van der Waals surface area contributed by atoms with Crippen molar-refractivity contribution in [2.75, 3.05) is 6.61 Å². The minimum atomic E-state index is -0.641. The second-order valence-electron chi connectivity index (χ2n) is 4.29. The number of esters is 1. The molecule has 1 heterocycles. The molecule has 0 saturated carbocycles. The lowest BCUT2D eigenvalue weighted by molar-refractivity contribution is -0.145. The fourth-order valence-corrected chi connectivity index (χ4v) is 2.98. The molecule has 1 unspecified atom stereocenters. The van der Waals surface area contributed by atoms with Crippen molar-refractivity contribution in [3.63, 3.8) is 0 Å². The zero-order valence-electron chi connectivity index (χ0n) is 11.4. The Labute approximate surface area is 137 Å². The highest BCUT2D eigenvalue weighted by molar-refractivity contribution is 7.09. The molecule has 0 saturated heterocycles. The van der Waals surface area contributed by atoms with E-state index in [2.05, 4.69) is 5.32 Å². The Morgan fingerprint density at radius 1 is 1.33 bits per heavy atom. The molecule has 1 aromatic heterocycles. The smallest absolute Gasteiger partial charge is 0.327 e. The van der Waals surface area contributed by atoms with Gasteiger partial charge >= 0.3 is 5.97 Å². The number of carbonyl (C=O) groups is 1. The first kappa shape index (κ1) is 16.3. The minimum absolute atomic E-state index is 0.314. The van der Waals surface area contributed by atoms with Crippen LogP contribution in [0.25, 0.3) is 0 Å². The molecule has 6 heteroatoms. The molecule has 0 aliphatic heterocycles. The zero-order chi connectivity index (χ0) is 15.2. The molecule has 112 valence electrons. The van der Waals surface area contributed by atoms with Gasteiger partial charge in [0.25, 0.3) is 0 Å². The highest BCUT2D eigenvalue weighted by atomic mass is 35.5. The van der Waals surface area contributed by atoms with Gasteiger partial charge in [0, 0.05) is 17.0 Å². The normalized spacial score (nSPS) is 12.1. The van der Waals surface area contributed by atoms with E-state index in [1.54, 1.807) is 36.5 Å². The van der Waals surface area contributed by atoms with Gasteiger partial charge < -0.3 is 4.74 Å². The van der Waals surface area contributed by atoms with Crippen LogP contribution >= 0.6 is 34.5 Å². The monoisotopic (exact) mass is 343 g/mol. The SMILES string of the molecule is CCOC(=O)C(NCc1cccs1)c1cccc(Cl)c1Cl. The summed E-state index contributed by atoms with van der Waals surface area (Å²) in [6, 6.07) is 8.56. The molecular formula is C15H15Cl2NO2S. The van der Waals surface area contributed by atoms with Gasteiger partial charge in [0.2, 0.25) is 0 Å². The van der Waals surface area contributed by atoms with E-state index in [1.807, 2.05) is 17.5 Å². The summed E-state index contributed by atoms with van der Waals surface area (Å²) in [5.41, 5.74) is 0.624. The zero-order valence-corrected chi connectivity index (χ0v) is 13.8. The van der Waals surface area contributed by atoms with Crippen LogP contribution in [0.2, 0.25) is 10.0 Å². The molecule has 0 spiro atoms. The van der Waals surface area contributed by atoms with Gasteiger partial charge in [-0.15, -0.1) is 11.3 Å². The molecular weight excluding hydrogens is 329 g/mol. The van der Waals surface area contributed by atoms with Crippen molar-refractivity contribution in [1.29, 1.82) is 0 Å². The first-order valence-corrected chi connectivity index (χ1v) is 8.13. The molecule has 0 aliphatic carbocycles. The Kier molecular flexibility index (Phi) is 6.06. The second-order valence-corrected chi connectivity index (χ2v) is 6.11. The Bertz CT molecular complexity index is 602. The largest absolute Gasteiger partial charge is 0.465 e. The molecule has 0 amide bonds. The van der Waals surface area contributed by atoms with Gasteiger partial charge in [0.15, 0.2) is 0 Å². The van der Waals surface area contributed by atoms with Gasteiger partial charge in [0.1, 0.15) is 6.04 Å². The summed E-state index contributed by atoms with van der Waals surface area (Å²) in [7, 11) is 0. The molecule has 2 aromatic rings. The Morgan fingerprint density at radius 2 is 2.14 bits per heavy atom. The van der Waals surface area contributed by atoms with E-state index in [4.69, 9.17) is 27.9 Å². The van der Waals surface area contributed by atoms with Crippen LogP contribution in [0, 0.1) is 0 Å². The van der Waals surface area contributed by atoms with Crippen molar-refractivity contribution in [3.05, 3.63) is 56.2 Å². The van der Waals surface area contributed by atoms with Crippen molar-refractivity contribution in [1.82, 2.24) is 5.32 Å². The third kappa shape index (κ3) is 4.20. The quantitative estimate of drug-likeness (QED) is 0.787. The van der Waals surface area contributed by atoms with E-state index in [0.717, 1.165) is 4.88 Å². The maximum atomic E-state index is 12.2. The van der Waals surface area contributed by atoms with Crippen LogP contribution in [0.5, 0.6) is 0 Å². The van der Waals surface area contributed by atoms with E-state index in [1.165, 1.54) is 0 Å². The lowest BCUT2D eigenvalue weighted by Gasteiger charge is -2.19. The highest BCUT2D eigenvalue weighted by Crippen LogP contribution is 2.30. The average molecular weight is 344 g/mol. The molecule has 1 atom stereocenters. The number of ether oxygens (including phenoxy) is 1. The Morgan fingerprint density at radius 3 is 2.81 bits per heavy atom.